The molecule has 0 radical (unpaired) electrons. The number of carbonyl (C=O) groups excluding carboxylic acids is 1. The third kappa shape index (κ3) is 4.57. The first-order valence-electron chi connectivity index (χ1n) is 8.24. The Balaban J connectivity index is 1.78. The maximum atomic E-state index is 11.8. The molecule has 0 unspecified atom stereocenters. The van der Waals surface area contributed by atoms with Gasteiger partial charge in [-0.3, -0.25) is 5.32 Å². The van der Waals surface area contributed by atoms with E-state index in [9.17, 15) is 4.79 Å². The second-order valence-electron chi connectivity index (χ2n) is 6.62. The van der Waals surface area contributed by atoms with Crippen LogP contribution in [0.1, 0.15) is 20.8 Å². The smallest absolute Gasteiger partial charge is 0.413 e. The second-order valence-corrected chi connectivity index (χ2v) is 6.62. The lowest BCUT2D eigenvalue weighted by Crippen LogP contribution is -2.27. The summed E-state index contributed by atoms with van der Waals surface area (Å²) in [6, 6.07) is 8.82. The molecular formula is C18H20N6O3. The lowest BCUT2D eigenvalue weighted by Gasteiger charge is -2.19. The van der Waals surface area contributed by atoms with Gasteiger partial charge in [-0.15, -0.1) is 10.2 Å². The lowest BCUT2D eigenvalue weighted by atomic mass is 10.2. The Labute approximate surface area is 156 Å². The number of hydrogen-bond acceptors (Lipinski definition) is 7. The number of carbonyl (C=O) groups is 1. The Bertz CT molecular complexity index is 914. The van der Waals surface area contributed by atoms with Crippen molar-refractivity contribution in [1.29, 1.82) is 0 Å². The summed E-state index contributed by atoms with van der Waals surface area (Å²) in [6.07, 6.45) is 2.74. The molecule has 3 aromatic rings. The third-order valence-electron chi connectivity index (χ3n) is 3.38. The number of amides is 1. The van der Waals surface area contributed by atoms with E-state index in [1.54, 1.807) is 56.0 Å². The molecule has 0 spiro atoms. The van der Waals surface area contributed by atoms with Crippen molar-refractivity contribution in [3.8, 4) is 23.0 Å². The van der Waals surface area contributed by atoms with Gasteiger partial charge in [-0.2, -0.15) is 5.10 Å². The van der Waals surface area contributed by atoms with Crippen LogP contribution in [0.2, 0.25) is 0 Å². The van der Waals surface area contributed by atoms with Gasteiger partial charge in [0.05, 0.1) is 19.0 Å². The van der Waals surface area contributed by atoms with Gasteiger partial charge in [0.15, 0.2) is 5.82 Å². The Morgan fingerprint density at radius 2 is 1.93 bits per heavy atom. The summed E-state index contributed by atoms with van der Waals surface area (Å²) in [5.74, 6) is 1.36. The average Bonchev–Trinajstić information content (AvgIpc) is 3.10. The minimum Gasteiger partial charge on any atom is -0.480 e. The standard InChI is InChI=1S/C18H20N6O3/c1-18(2,3)27-17(25)21-14-6-5-12(11-19-14)13-9-10-20-24(13)15-7-8-16(26-4)23-22-15/h5-11H,1-4H3,(H,19,21,25). The summed E-state index contributed by atoms with van der Waals surface area (Å²) in [4.78, 5) is 16.1. The molecule has 9 heteroatoms. The topological polar surface area (TPSA) is 104 Å². The Morgan fingerprint density at radius 3 is 2.52 bits per heavy atom. The molecule has 0 fully saturated rings. The van der Waals surface area contributed by atoms with E-state index in [0.29, 0.717) is 17.5 Å². The maximum absolute atomic E-state index is 11.8. The van der Waals surface area contributed by atoms with Crippen LogP contribution >= 0.6 is 0 Å². The zero-order valence-electron chi connectivity index (χ0n) is 15.5. The van der Waals surface area contributed by atoms with Gasteiger partial charge in [-0.25, -0.2) is 14.5 Å². The first-order valence-corrected chi connectivity index (χ1v) is 8.24. The van der Waals surface area contributed by atoms with E-state index >= 15 is 0 Å². The van der Waals surface area contributed by atoms with Crippen LogP contribution in [-0.4, -0.2) is 43.8 Å². The highest BCUT2D eigenvalue weighted by Crippen LogP contribution is 2.22. The van der Waals surface area contributed by atoms with Gasteiger partial charge >= 0.3 is 6.09 Å². The van der Waals surface area contributed by atoms with Gasteiger partial charge in [0.25, 0.3) is 0 Å². The van der Waals surface area contributed by atoms with Crippen LogP contribution in [0.5, 0.6) is 5.88 Å². The van der Waals surface area contributed by atoms with Crippen molar-refractivity contribution >= 4 is 11.9 Å². The van der Waals surface area contributed by atoms with Gasteiger partial charge in [0, 0.05) is 17.8 Å². The SMILES string of the molecule is COc1ccc(-n2nccc2-c2ccc(NC(=O)OC(C)(C)C)nc2)nn1. The van der Waals surface area contributed by atoms with Crippen molar-refractivity contribution in [2.45, 2.75) is 26.4 Å². The minimum absolute atomic E-state index is 0.392. The molecule has 0 saturated carbocycles. The molecule has 0 saturated heterocycles. The summed E-state index contributed by atoms with van der Waals surface area (Å²) in [7, 11) is 1.53. The summed E-state index contributed by atoms with van der Waals surface area (Å²) in [6.45, 7) is 5.39. The number of anilines is 1. The van der Waals surface area contributed by atoms with Crippen LogP contribution in [0.15, 0.2) is 42.7 Å². The molecule has 1 amide bonds. The summed E-state index contributed by atoms with van der Waals surface area (Å²) >= 11 is 0. The highest BCUT2D eigenvalue weighted by molar-refractivity contribution is 5.83. The fourth-order valence-corrected chi connectivity index (χ4v) is 2.27. The fourth-order valence-electron chi connectivity index (χ4n) is 2.27. The molecule has 27 heavy (non-hydrogen) atoms. The van der Waals surface area contributed by atoms with E-state index in [0.717, 1.165) is 11.3 Å². The van der Waals surface area contributed by atoms with Crippen LogP contribution in [0.4, 0.5) is 10.6 Å². The molecule has 0 atom stereocenters. The number of ether oxygens (including phenoxy) is 2. The van der Waals surface area contributed by atoms with E-state index in [-0.39, 0.29) is 0 Å². The Kier molecular flexibility index (Phi) is 5.02. The first-order chi connectivity index (χ1) is 12.9. The average molecular weight is 368 g/mol. The molecule has 140 valence electrons. The highest BCUT2D eigenvalue weighted by Gasteiger charge is 2.17. The van der Waals surface area contributed by atoms with Crippen LogP contribution in [0.3, 0.4) is 0 Å². The lowest BCUT2D eigenvalue weighted by molar-refractivity contribution is 0.0635. The van der Waals surface area contributed by atoms with Crippen molar-refractivity contribution in [3.63, 3.8) is 0 Å². The molecule has 0 bridgehead atoms. The number of methoxy groups -OCH3 is 1. The second kappa shape index (κ2) is 7.40. The number of hydrogen-bond donors (Lipinski definition) is 1. The van der Waals surface area contributed by atoms with Gasteiger partial charge < -0.3 is 9.47 Å². The Morgan fingerprint density at radius 1 is 1.11 bits per heavy atom. The molecular weight excluding hydrogens is 348 g/mol. The van der Waals surface area contributed by atoms with Crippen LogP contribution in [0, 0.1) is 0 Å². The van der Waals surface area contributed by atoms with Crippen molar-refractivity contribution in [3.05, 3.63) is 42.7 Å². The number of aromatic nitrogens is 5. The number of pyridine rings is 1. The third-order valence-corrected chi connectivity index (χ3v) is 3.38. The van der Waals surface area contributed by atoms with Gasteiger partial charge in [0.1, 0.15) is 11.4 Å². The van der Waals surface area contributed by atoms with Crippen LogP contribution < -0.4 is 10.1 Å². The van der Waals surface area contributed by atoms with Gasteiger partial charge in [-0.1, -0.05) is 0 Å². The minimum atomic E-state index is -0.573. The molecule has 0 aliphatic rings. The summed E-state index contributed by atoms with van der Waals surface area (Å²) in [5, 5.41) is 14.9. The normalized spacial score (nSPS) is 11.1. The molecule has 0 aliphatic heterocycles. The van der Waals surface area contributed by atoms with Gasteiger partial charge in [-0.05, 0) is 45.0 Å². The first kappa shape index (κ1) is 18.3. The molecule has 0 aromatic carbocycles. The van der Waals surface area contributed by atoms with E-state index in [1.807, 2.05) is 12.1 Å². The van der Waals surface area contributed by atoms with E-state index < -0.39 is 11.7 Å². The van der Waals surface area contributed by atoms with E-state index in [1.165, 1.54) is 7.11 Å². The highest BCUT2D eigenvalue weighted by atomic mass is 16.6. The molecule has 0 aliphatic carbocycles. The largest absolute Gasteiger partial charge is 0.480 e. The summed E-state index contributed by atoms with van der Waals surface area (Å²) < 4.78 is 11.9. The zero-order valence-corrected chi connectivity index (χ0v) is 15.5. The van der Waals surface area contributed by atoms with Crippen LogP contribution in [-0.2, 0) is 4.74 Å². The zero-order chi connectivity index (χ0) is 19.4. The predicted molar refractivity (Wildman–Crippen MR) is 98.8 cm³/mol. The van der Waals surface area contributed by atoms with E-state index in [4.69, 9.17) is 9.47 Å². The van der Waals surface area contributed by atoms with Crippen molar-refractivity contribution in [2.24, 2.45) is 0 Å². The number of nitrogens with zero attached hydrogens (tertiary/aromatic N) is 5. The molecule has 1 N–H and O–H groups in total. The molecule has 3 rings (SSSR count). The number of nitrogens with one attached hydrogen (secondary N) is 1. The van der Waals surface area contributed by atoms with Crippen LogP contribution in [0.25, 0.3) is 17.1 Å². The Hall–Kier alpha value is -3.49. The molecule has 9 nitrogen and oxygen atoms in total. The van der Waals surface area contributed by atoms with Gasteiger partial charge in [0.2, 0.25) is 5.88 Å². The van der Waals surface area contributed by atoms with Crippen molar-refractivity contribution in [1.82, 2.24) is 25.0 Å². The monoisotopic (exact) mass is 368 g/mol. The van der Waals surface area contributed by atoms with E-state index in [2.05, 4.69) is 25.6 Å². The van der Waals surface area contributed by atoms with Crippen molar-refractivity contribution < 1.29 is 14.3 Å². The molecule has 3 heterocycles. The predicted octanol–water partition coefficient (Wildman–Crippen LogP) is 3.08. The molecule has 3 aromatic heterocycles. The number of rotatable bonds is 4. The maximum Gasteiger partial charge on any atom is 0.413 e. The van der Waals surface area contributed by atoms with Crippen molar-refractivity contribution in [2.75, 3.05) is 12.4 Å². The fraction of sp³-hybridized carbons (Fsp3) is 0.278. The quantitative estimate of drug-likeness (QED) is 0.754. The summed E-state index contributed by atoms with van der Waals surface area (Å²) in [5.41, 5.74) is 1.02.